The van der Waals surface area contributed by atoms with Crippen LogP contribution in [-0.4, -0.2) is 10.9 Å². The molecule has 31 heavy (non-hydrogen) atoms. The second kappa shape index (κ2) is 9.26. The van der Waals surface area contributed by atoms with E-state index in [4.69, 9.17) is 0 Å². The number of amides is 1. The number of aromatic amines is 1. The van der Waals surface area contributed by atoms with Gasteiger partial charge in [0.1, 0.15) is 0 Å². The zero-order valence-electron chi connectivity index (χ0n) is 17.2. The molecule has 4 heteroatoms. The fraction of sp³-hybridized carbons (Fsp3) is 0.0741. The largest absolute Gasteiger partial charge is 0.326 e. The molecule has 0 aliphatic carbocycles. The Labute approximate surface area is 181 Å². The van der Waals surface area contributed by atoms with Gasteiger partial charge in [-0.3, -0.25) is 9.59 Å². The Bertz CT molecular complexity index is 1170. The minimum Gasteiger partial charge on any atom is -0.326 e. The lowest BCUT2D eigenvalue weighted by Crippen LogP contribution is -2.17. The fourth-order valence-corrected chi connectivity index (χ4v) is 3.66. The minimum atomic E-state index is -0.161. The molecule has 4 nitrogen and oxygen atoms in total. The van der Waals surface area contributed by atoms with E-state index in [2.05, 4.69) is 10.3 Å². The van der Waals surface area contributed by atoms with Crippen molar-refractivity contribution in [3.05, 3.63) is 131 Å². The van der Waals surface area contributed by atoms with E-state index >= 15 is 0 Å². The van der Waals surface area contributed by atoms with E-state index in [0.29, 0.717) is 5.69 Å². The second-order valence-corrected chi connectivity index (χ2v) is 7.39. The Kier molecular flexibility index (Phi) is 6.08. The van der Waals surface area contributed by atoms with Gasteiger partial charge in [-0.1, -0.05) is 72.8 Å². The van der Waals surface area contributed by atoms with Crippen LogP contribution in [0, 0.1) is 13.3 Å². The summed E-state index contributed by atoms with van der Waals surface area (Å²) in [5, 5.41) is 2.96. The summed E-state index contributed by atoms with van der Waals surface area (Å²) in [6, 6.07) is 30.9. The van der Waals surface area contributed by atoms with Gasteiger partial charge in [0.2, 0.25) is 11.5 Å². The number of aromatic nitrogens is 1. The molecule has 0 aliphatic rings. The molecule has 2 N–H and O–H groups in total. The van der Waals surface area contributed by atoms with Crippen LogP contribution in [0.15, 0.2) is 102 Å². The topological polar surface area (TPSA) is 62.0 Å². The third kappa shape index (κ3) is 4.98. The standard InChI is InChI=1S/C27H23N2O2/c1-19-24(16-17-26(30)28-19)22-12-14-23(15-13-22)29-27(31)18-25(20-8-4-2-5-9-20)21-10-6-3-7-11-21/h2-18,25H,1H3,(H,28,30)(H,29,31). The Morgan fingerprint density at radius 1 is 0.806 bits per heavy atom. The summed E-state index contributed by atoms with van der Waals surface area (Å²) < 4.78 is 0. The quantitative estimate of drug-likeness (QED) is 0.454. The van der Waals surface area contributed by atoms with Crippen LogP contribution < -0.4 is 10.9 Å². The molecule has 4 rings (SSSR count). The first-order valence-electron chi connectivity index (χ1n) is 10.2. The van der Waals surface area contributed by atoms with Crippen molar-refractivity contribution in [1.29, 1.82) is 0 Å². The highest BCUT2D eigenvalue weighted by molar-refractivity contribution is 5.98. The Morgan fingerprint density at radius 2 is 1.39 bits per heavy atom. The van der Waals surface area contributed by atoms with Crippen LogP contribution in [0.2, 0.25) is 0 Å². The monoisotopic (exact) mass is 407 g/mol. The lowest BCUT2D eigenvalue weighted by Gasteiger charge is -2.17. The number of nitrogens with one attached hydrogen (secondary N) is 2. The third-order valence-electron chi connectivity index (χ3n) is 5.21. The number of hydrogen-bond acceptors (Lipinski definition) is 2. The van der Waals surface area contributed by atoms with Gasteiger partial charge in [-0.2, -0.15) is 0 Å². The summed E-state index contributed by atoms with van der Waals surface area (Å²) >= 11 is 0. The highest BCUT2D eigenvalue weighted by Crippen LogP contribution is 2.28. The van der Waals surface area contributed by atoms with Crippen molar-refractivity contribution < 1.29 is 4.79 Å². The van der Waals surface area contributed by atoms with Gasteiger partial charge in [0.25, 0.3) is 0 Å². The molecule has 3 aromatic carbocycles. The number of H-pyrrole nitrogens is 1. The second-order valence-electron chi connectivity index (χ2n) is 7.39. The number of anilines is 1. The molecule has 0 bridgehead atoms. The maximum Gasteiger partial charge on any atom is 0.248 e. The maximum absolute atomic E-state index is 12.8. The van der Waals surface area contributed by atoms with Crippen molar-refractivity contribution in [3.63, 3.8) is 0 Å². The van der Waals surface area contributed by atoms with Crippen molar-refractivity contribution in [2.75, 3.05) is 5.32 Å². The highest BCUT2D eigenvalue weighted by Gasteiger charge is 2.18. The molecule has 1 heterocycles. The van der Waals surface area contributed by atoms with Crippen LogP contribution in [0.4, 0.5) is 5.69 Å². The molecule has 1 radical (unpaired) electrons. The van der Waals surface area contributed by atoms with Crippen LogP contribution in [0.5, 0.6) is 0 Å². The molecule has 4 aromatic rings. The van der Waals surface area contributed by atoms with Crippen LogP contribution in [0.25, 0.3) is 11.1 Å². The smallest absolute Gasteiger partial charge is 0.248 e. The van der Waals surface area contributed by atoms with Gasteiger partial charge in [-0.25, -0.2) is 0 Å². The third-order valence-corrected chi connectivity index (χ3v) is 5.21. The van der Waals surface area contributed by atoms with Gasteiger partial charge < -0.3 is 10.3 Å². The van der Waals surface area contributed by atoms with E-state index < -0.39 is 0 Å². The minimum absolute atomic E-state index is 0.118. The highest BCUT2D eigenvalue weighted by atomic mass is 16.1. The number of pyridine rings is 1. The molecule has 1 aromatic heterocycles. The summed E-state index contributed by atoms with van der Waals surface area (Å²) in [6.45, 7) is 1.87. The number of hydrogen-bond donors (Lipinski definition) is 2. The number of carbonyl (C=O) groups is 1. The van der Waals surface area contributed by atoms with Crippen molar-refractivity contribution in [3.8, 4) is 11.1 Å². The number of carbonyl (C=O) groups excluding carboxylic acids is 1. The summed E-state index contributed by atoms with van der Waals surface area (Å²) in [7, 11) is 0. The number of rotatable bonds is 6. The summed E-state index contributed by atoms with van der Waals surface area (Å²) in [5.74, 6) is -0.295. The van der Waals surface area contributed by atoms with Gasteiger partial charge in [0, 0.05) is 28.9 Å². The van der Waals surface area contributed by atoms with E-state index in [1.165, 1.54) is 6.07 Å². The fourth-order valence-electron chi connectivity index (χ4n) is 3.66. The zero-order chi connectivity index (χ0) is 21.6. The van der Waals surface area contributed by atoms with Gasteiger partial charge in [-0.15, -0.1) is 0 Å². The summed E-state index contributed by atoms with van der Waals surface area (Å²) in [4.78, 5) is 27.1. The molecule has 0 unspecified atom stereocenters. The Morgan fingerprint density at radius 3 is 1.94 bits per heavy atom. The van der Waals surface area contributed by atoms with Crippen molar-refractivity contribution in [1.82, 2.24) is 4.98 Å². The predicted molar refractivity (Wildman–Crippen MR) is 125 cm³/mol. The summed E-state index contributed by atoms with van der Waals surface area (Å²) in [6.07, 6.45) is 1.71. The number of aryl methyl sites for hydroxylation is 1. The zero-order valence-corrected chi connectivity index (χ0v) is 17.2. The summed E-state index contributed by atoms with van der Waals surface area (Å²) in [5.41, 5.74) is 5.46. The molecule has 0 spiro atoms. The van der Waals surface area contributed by atoms with E-state index in [9.17, 15) is 9.59 Å². The van der Waals surface area contributed by atoms with E-state index in [0.717, 1.165) is 27.9 Å². The van der Waals surface area contributed by atoms with E-state index in [1.807, 2.05) is 91.9 Å². The van der Waals surface area contributed by atoms with Crippen molar-refractivity contribution >= 4 is 11.6 Å². The van der Waals surface area contributed by atoms with Crippen LogP contribution in [0.1, 0.15) is 22.7 Å². The average molecular weight is 407 g/mol. The Hall–Kier alpha value is -3.92. The molecule has 0 atom stereocenters. The lowest BCUT2D eigenvalue weighted by atomic mass is 9.88. The SMILES string of the molecule is Cc1[nH]c(=O)ccc1-c1ccc(NC(=O)[CH]C(c2ccccc2)c2ccccc2)cc1. The first-order chi connectivity index (χ1) is 15.1. The van der Waals surface area contributed by atoms with Gasteiger partial charge in [0.15, 0.2) is 0 Å². The van der Waals surface area contributed by atoms with E-state index in [1.54, 1.807) is 12.5 Å². The molecule has 153 valence electrons. The lowest BCUT2D eigenvalue weighted by molar-refractivity contribution is -0.113. The first kappa shape index (κ1) is 20.4. The van der Waals surface area contributed by atoms with Crippen molar-refractivity contribution in [2.45, 2.75) is 12.8 Å². The van der Waals surface area contributed by atoms with Crippen LogP contribution in [0.3, 0.4) is 0 Å². The van der Waals surface area contributed by atoms with Crippen LogP contribution >= 0.6 is 0 Å². The number of benzene rings is 3. The van der Waals surface area contributed by atoms with Gasteiger partial charge in [0.05, 0.1) is 6.42 Å². The van der Waals surface area contributed by atoms with Gasteiger partial charge >= 0.3 is 0 Å². The molecule has 0 saturated heterocycles. The molecule has 0 fully saturated rings. The molecule has 1 amide bonds. The van der Waals surface area contributed by atoms with Gasteiger partial charge in [-0.05, 0) is 41.8 Å². The maximum atomic E-state index is 12.8. The van der Waals surface area contributed by atoms with Crippen molar-refractivity contribution in [2.24, 2.45) is 0 Å². The molecule has 0 saturated carbocycles. The molecular formula is C27H23N2O2. The normalized spacial score (nSPS) is 10.8. The molecular weight excluding hydrogens is 384 g/mol. The van der Waals surface area contributed by atoms with Crippen LogP contribution in [-0.2, 0) is 4.79 Å². The predicted octanol–water partition coefficient (Wildman–Crippen LogP) is 5.33. The van der Waals surface area contributed by atoms with E-state index in [-0.39, 0.29) is 17.4 Å². The Balaban J connectivity index is 1.50. The molecule has 0 aliphatic heterocycles. The first-order valence-corrected chi connectivity index (χ1v) is 10.2. The average Bonchev–Trinajstić information content (AvgIpc) is 2.79.